The van der Waals surface area contributed by atoms with Gasteiger partial charge < -0.3 is 14.9 Å². The molecule has 2 aromatic carbocycles. The highest BCUT2D eigenvalue weighted by Gasteiger charge is 2.08. The van der Waals surface area contributed by atoms with Crippen molar-refractivity contribution in [3.63, 3.8) is 0 Å². The number of aromatic hydroxyl groups is 2. The Morgan fingerprint density at radius 3 is 2.62 bits per heavy atom. The lowest BCUT2D eigenvalue weighted by atomic mass is 10.1. The smallest absolute Gasteiger partial charge is 0.262 e. The fourth-order valence-electron chi connectivity index (χ4n) is 2.25. The molecule has 0 saturated heterocycles. The Kier molecular flexibility index (Phi) is 3.02. The van der Waals surface area contributed by atoms with Gasteiger partial charge in [0.1, 0.15) is 5.75 Å². The Hall–Kier alpha value is -2.95. The molecule has 106 valence electrons. The van der Waals surface area contributed by atoms with Gasteiger partial charge in [0, 0.05) is 17.6 Å². The predicted molar refractivity (Wildman–Crippen MR) is 79.4 cm³/mol. The number of phenolic OH excluding ortho intramolecular Hbond substituents is 2. The van der Waals surface area contributed by atoms with Crippen LogP contribution in [0.15, 0.2) is 53.5 Å². The SMILES string of the molecule is COc1cc(-n2ccc3cc(O)ccc3c2=O)ccc1O. The second-order valence-corrected chi connectivity index (χ2v) is 4.62. The van der Waals surface area contributed by atoms with Crippen molar-refractivity contribution in [3.05, 3.63) is 59.0 Å². The number of hydrogen-bond acceptors (Lipinski definition) is 4. The summed E-state index contributed by atoms with van der Waals surface area (Å²) in [6.07, 6.45) is 1.62. The van der Waals surface area contributed by atoms with Crippen molar-refractivity contribution in [2.24, 2.45) is 0 Å². The molecule has 0 atom stereocenters. The number of benzene rings is 2. The third-order valence-corrected chi connectivity index (χ3v) is 3.33. The molecule has 0 radical (unpaired) electrons. The van der Waals surface area contributed by atoms with Crippen LogP contribution in [0.3, 0.4) is 0 Å². The molecule has 0 aliphatic heterocycles. The molecule has 0 aliphatic carbocycles. The largest absolute Gasteiger partial charge is 0.508 e. The van der Waals surface area contributed by atoms with E-state index in [4.69, 9.17) is 4.74 Å². The molecule has 2 N–H and O–H groups in total. The predicted octanol–water partition coefficient (Wildman–Crippen LogP) is 2.41. The molecule has 0 unspecified atom stereocenters. The summed E-state index contributed by atoms with van der Waals surface area (Å²) in [6.45, 7) is 0. The van der Waals surface area contributed by atoms with Gasteiger partial charge in [-0.2, -0.15) is 0 Å². The van der Waals surface area contributed by atoms with Gasteiger partial charge in [0.15, 0.2) is 11.5 Å². The van der Waals surface area contributed by atoms with E-state index in [9.17, 15) is 15.0 Å². The van der Waals surface area contributed by atoms with Gasteiger partial charge in [-0.3, -0.25) is 9.36 Å². The highest BCUT2D eigenvalue weighted by molar-refractivity contribution is 5.83. The van der Waals surface area contributed by atoms with E-state index in [1.165, 1.54) is 23.8 Å². The van der Waals surface area contributed by atoms with Crippen LogP contribution in [0.5, 0.6) is 17.2 Å². The van der Waals surface area contributed by atoms with E-state index in [2.05, 4.69) is 0 Å². The van der Waals surface area contributed by atoms with E-state index in [0.29, 0.717) is 22.2 Å². The number of nitrogens with zero attached hydrogens (tertiary/aromatic N) is 1. The summed E-state index contributed by atoms with van der Waals surface area (Å²) in [6, 6.07) is 11.0. The standard InChI is InChI=1S/C16H13NO4/c1-21-15-9-11(2-5-14(15)19)17-7-6-10-8-12(18)3-4-13(10)16(17)20/h2-9,18-19H,1H3. The fraction of sp³-hybridized carbons (Fsp3) is 0.0625. The van der Waals surface area contributed by atoms with Gasteiger partial charge in [-0.05, 0) is 41.8 Å². The number of rotatable bonds is 2. The summed E-state index contributed by atoms with van der Waals surface area (Å²) < 4.78 is 6.51. The highest BCUT2D eigenvalue weighted by atomic mass is 16.5. The van der Waals surface area contributed by atoms with E-state index in [-0.39, 0.29) is 17.1 Å². The summed E-state index contributed by atoms with van der Waals surface area (Å²) in [5.74, 6) is 0.427. The molecule has 0 bridgehead atoms. The monoisotopic (exact) mass is 283 g/mol. The number of aromatic nitrogens is 1. The van der Waals surface area contributed by atoms with Crippen LogP contribution in [-0.4, -0.2) is 21.9 Å². The molecule has 0 fully saturated rings. The molecule has 5 heteroatoms. The average molecular weight is 283 g/mol. The number of ether oxygens (including phenoxy) is 1. The van der Waals surface area contributed by atoms with Crippen LogP contribution in [0.25, 0.3) is 16.5 Å². The maximum atomic E-state index is 12.5. The van der Waals surface area contributed by atoms with E-state index >= 15 is 0 Å². The second kappa shape index (κ2) is 4.86. The Balaban J connectivity index is 2.24. The molecule has 3 aromatic rings. The van der Waals surface area contributed by atoms with Crippen LogP contribution in [0.1, 0.15) is 0 Å². The van der Waals surface area contributed by atoms with E-state index in [1.807, 2.05) is 0 Å². The molecule has 3 rings (SSSR count). The summed E-state index contributed by atoms with van der Waals surface area (Å²) in [5.41, 5.74) is 0.380. The van der Waals surface area contributed by atoms with Crippen molar-refractivity contribution < 1.29 is 14.9 Å². The van der Waals surface area contributed by atoms with Gasteiger partial charge in [-0.1, -0.05) is 0 Å². The third kappa shape index (κ3) is 2.18. The van der Waals surface area contributed by atoms with Gasteiger partial charge in [0.25, 0.3) is 5.56 Å². The Bertz CT molecular complexity index is 883. The molecule has 21 heavy (non-hydrogen) atoms. The van der Waals surface area contributed by atoms with Crippen molar-refractivity contribution >= 4 is 10.8 Å². The average Bonchev–Trinajstić information content (AvgIpc) is 2.48. The van der Waals surface area contributed by atoms with Crippen LogP contribution in [0.4, 0.5) is 0 Å². The van der Waals surface area contributed by atoms with E-state index < -0.39 is 0 Å². The van der Waals surface area contributed by atoms with Gasteiger partial charge in [-0.15, -0.1) is 0 Å². The molecule has 0 amide bonds. The van der Waals surface area contributed by atoms with Crippen molar-refractivity contribution in [3.8, 4) is 22.9 Å². The molecule has 0 spiro atoms. The summed E-state index contributed by atoms with van der Waals surface area (Å²) in [5, 5.41) is 20.2. The zero-order chi connectivity index (χ0) is 15.0. The van der Waals surface area contributed by atoms with Crippen LogP contribution in [0, 0.1) is 0 Å². The normalized spacial score (nSPS) is 10.7. The third-order valence-electron chi connectivity index (χ3n) is 3.33. The van der Waals surface area contributed by atoms with Gasteiger partial charge in [0.05, 0.1) is 12.8 Å². The van der Waals surface area contributed by atoms with Gasteiger partial charge in [-0.25, -0.2) is 0 Å². The topological polar surface area (TPSA) is 71.7 Å². The molecule has 1 heterocycles. The molecule has 0 aliphatic rings. The summed E-state index contributed by atoms with van der Waals surface area (Å²) in [4.78, 5) is 12.5. The first-order valence-corrected chi connectivity index (χ1v) is 6.32. The minimum Gasteiger partial charge on any atom is -0.508 e. The first kappa shape index (κ1) is 13.1. The quantitative estimate of drug-likeness (QED) is 0.757. The van der Waals surface area contributed by atoms with E-state index in [1.54, 1.807) is 36.5 Å². The van der Waals surface area contributed by atoms with Gasteiger partial charge >= 0.3 is 0 Å². The van der Waals surface area contributed by atoms with Crippen LogP contribution >= 0.6 is 0 Å². The van der Waals surface area contributed by atoms with Crippen LogP contribution < -0.4 is 10.3 Å². The van der Waals surface area contributed by atoms with Crippen molar-refractivity contribution in [1.29, 1.82) is 0 Å². The maximum Gasteiger partial charge on any atom is 0.262 e. The summed E-state index contributed by atoms with van der Waals surface area (Å²) in [7, 11) is 1.45. The second-order valence-electron chi connectivity index (χ2n) is 4.62. The number of phenols is 2. The first-order chi connectivity index (χ1) is 10.1. The highest BCUT2D eigenvalue weighted by Crippen LogP contribution is 2.27. The van der Waals surface area contributed by atoms with Crippen LogP contribution in [-0.2, 0) is 0 Å². The molecular formula is C16H13NO4. The zero-order valence-electron chi connectivity index (χ0n) is 11.3. The molecule has 1 aromatic heterocycles. The van der Waals surface area contributed by atoms with E-state index in [0.717, 1.165) is 0 Å². The number of hydrogen-bond donors (Lipinski definition) is 2. The van der Waals surface area contributed by atoms with Crippen molar-refractivity contribution in [1.82, 2.24) is 4.57 Å². The fourth-order valence-corrected chi connectivity index (χ4v) is 2.25. The minimum atomic E-state index is -0.208. The maximum absolute atomic E-state index is 12.5. The van der Waals surface area contributed by atoms with Crippen molar-refractivity contribution in [2.45, 2.75) is 0 Å². The molecular weight excluding hydrogens is 270 g/mol. The first-order valence-electron chi connectivity index (χ1n) is 6.32. The molecule has 0 saturated carbocycles. The summed E-state index contributed by atoms with van der Waals surface area (Å²) >= 11 is 0. The lowest BCUT2D eigenvalue weighted by molar-refractivity contribution is 0.373. The lowest BCUT2D eigenvalue weighted by Crippen LogP contribution is -2.17. The lowest BCUT2D eigenvalue weighted by Gasteiger charge is -2.10. The Labute approximate surface area is 120 Å². The Morgan fingerprint density at radius 1 is 1.05 bits per heavy atom. The van der Waals surface area contributed by atoms with Crippen LogP contribution in [0.2, 0.25) is 0 Å². The number of methoxy groups -OCH3 is 1. The Morgan fingerprint density at radius 2 is 1.86 bits per heavy atom. The number of fused-ring (bicyclic) bond motifs is 1. The van der Waals surface area contributed by atoms with Crippen molar-refractivity contribution in [2.75, 3.05) is 7.11 Å². The minimum absolute atomic E-state index is 0.0139. The molecule has 5 nitrogen and oxygen atoms in total. The van der Waals surface area contributed by atoms with Gasteiger partial charge in [0.2, 0.25) is 0 Å². The number of pyridine rings is 1. The zero-order valence-corrected chi connectivity index (χ0v) is 11.3.